The molecule has 0 heterocycles. The molecule has 202 valence electrons. The molecule has 4 rings (SSSR count). The van der Waals surface area contributed by atoms with Gasteiger partial charge in [-0.2, -0.15) is 0 Å². The molecule has 7 unspecified atom stereocenters. The minimum Gasteiger partial charge on any atom is -0.469 e. The summed E-state index contributed by atoms with van der Waals surface area (Å²) in [5.41, 5.74) is 0.0280. The molecule has 0 aromatic carbocycles. The zero-order chi connectivity index (χ0) is 26.2. The van der Waals surface area contributed by atoms with Crippen LogP contribution in [-0.4, -0.2) is 19.0 Å². The molecule has 0 radical (unpaired) electrons. The van der Waals surface area contributed by atoms with Gasteiger partial charge in [-0.1, -0.05) is 68.2 Å². The van der Waals surface area contributed by atoms with Crippen LogP contribution in [0.4, 0.5) is 8.78 Å². The summed E-state index contributed by atoms with van der Waals surface area (Å²) in [6.07, 6.45) is 10.9. The molecule has 0 aromatic heterocycles. The molecule has 4 fully saturated rings. The Labute approximate surface area is 210 Å². The smallest absolute Gasteiger partial charge is 0.305 e. The van der Waals surface area contributed by atoms with Crippen LogP contribution in [0.5, 0.6) is 0 Å². The van der Waals surface area contributed by atoms with E-state index >= 15 is 8.78 Å². The Morgan fingerprint density at radius 3 is 2.09 bits per heavy atom. The molecule has 2 nitrogen and oxygen atoms in total. The largest absolute Gasteiger partial charge is 0.469 e. The summed E-state index contributed by atoms with van der Waals surface area (Å²) in [7, 11) is 1.44. The van der Waals surface area contributed by atoms with E-state index in [1.165, 1.54) is 13.5 Å². The molecule has 4 aliphatic carbocycles. The predicted molar refractivity (Wildman–Crippen MR) is 140 cm³/mol. The summed E-state index contributed by atoms with van der Waals surface area (Å²) in [4.78, 5) is 11.5. The van der Waals surface area contributed by atoms with E-state index in [9.17, 15) is 4.79 Å². The Balaban J connectivity index is 0.000000894. The molecule has 0 aromatic rings. The van der Waals surface area contributed by atoms with E-state index in [2.05, 4.69) is 13.8 Å². The first kappa shape index (κ1) is 31.4. The van der Waals surface area contributed by atoms with Crippen LogP contribution in [0.1, 0.15) is 132 Å². The number of rotatable bonds is 4. The number of ether oxygens (including phenoxy) is 1. The van der Waals surface area contributed by atoms with Crippen molar-refractivity contribution in [3.8, 4) is 0 Å². The number of halogens is 2. The maximum atomic E-state index is 15.3. The fourth-order valence-corrected chi connectivity index (χ4v) is 8.52. The highest BCUT2D eigenvalue weighted by Gasteiger charge is 2.66. The molecule has 34 heavy (non-hydrogen) atoms. The fraction of sp³-hybridized carbons (Fsp3) is 0.967. The average Bonchev–Trinajstić information content (AvgIpc) is 3.19. The van der Waals surface area contributed by atoms with E-state index in [4.69, 9.17) is 4.74 Å². The summed E-state index contributed by atoms with van der Waals surface area (Å²) >= 11 is 0. The summed E-state index contributed by atoms with van der Waals surface area (Å²) in [5, 5.41) is 0. The molecule has 4 aliphatic rings. The third kappa shape index (κ3) is 6.00. The molecule has 0 spiro atoms. The lowest BCUT2D eigenvalue weighted by Crippen LogP contribution is -2.59. The molecule has 0 saturated heterocycles. The molecule has 4 saturated carbocycles. The number of carbonyl (C=O) groups excluding carboxylic acids is 1. The molecule has 4 heteroatoms. The van der Waals surface area contributed by atoms with Gasteiger partial charge in [0.2, 0.25) is 0 Å². The number of hydrogen-bond acceptors (Lipinski definition) is 2. The number of carbonyl (C=O) groups is 1. The van der Waals surface area contributed by atoms with Crippen molar-refractivity contribution in [2.45, 2.75) is 138 Å². The fourth-order valence-electron chi connectivity index (χ4n) is 8.52. The van der Waals surface area contributed by atoms with Gasteiger partial charge in [-0.25, -0.2) is 8.78 Å². The van der Waals surface area contributed by atoms with E-state index in [1.54, 1.807) is 0 Å². The quantitative estimate of drug-likeness (QED) is 0.370. The van der Waals surface area contributed by atoms with Crippen molar-refractivity contribution in [3.05, 3.63) is 0 Å². The van der Waals surface area contributed by atoms with Gasteiger partial charge in [-0.05, 0) is 85.9 Å². The van der Waals surface area contributed by atoms with Gasteiger partial charge < -0.3 is 4.74 Å². The third-order valence-corrected chi connectivity index (χ3v) is 9.91. The second-order valence-corrected chi connectivity index (χ2v) is 10.9. The molecule has 0 amide bonds. The normalized spacial score (nSPS) is 39.2. The Hall–Kier alpha value is -0.670. The van der Waals surface area contributed by atoms with Crippen molar-refractivity contribution >= 4 is 5.97 Å². The second kappa shape index (κ2) is 13.6. The van der Waals surface area contributed by atoms with Gasteiger partial charge in [0.15, 0.2) is 0 Å². The average molecular weight is 487 g/mol. The van der Waals surface area contributed by atoms with Crippen LogP contribution >= 0.6 is 0 Å². The Bertz CT molecular complexity index is 607. The van der Waals surface area contributed by atoms with Crippen molar-refractivity contribution in [1.29, 1.82) is 0 Å². The highest BCUT2D eigenvalue weighted by Crippen LogP contribution is 2.70. The number of esters is 1. The zero-order valence-corrected chi connectivity index (χ0v) is 23.9. The van der Waals surface area contributed by atoms with Crippen LogP contribution < -0.4 is 0 Å². The number of alkyl halides is 2. The lowest BCUT2D eigenvalue weighted by molar-refractivity contribution is -0.224. The molecule has 0 aliphatic heterocycles. The van der Waals surface area contributed by atoms with Gasteiger partial charge in [-0.3, -0.25) is 4.79 Å². The standard InChI is InChI=1S/C24H38F2O2.3C2H6/c1-22-14-12-19-17(15-24(25,26)20-8-4-5-13-23(19,20)2)18(22)11-10-16(22)7-6-9-21(27)28-3;3*1-2/h16-20H,4-15H2,1-3H3;3*1-2H3. The SMILES string of the molecule is CC.CC.CC.COC(=O)CCCC1CCC2C3CC(F)(F)C4CCCCC4(C)C3CCC12C. The minimum absolute atomic E-state index is 0.132. The summed E-state index contributed by atoms with van der Waals surface area (Å²) in [6, 6.07) is 0. The molecule has 7 atom stereocenters. The van der Waals surface area contributed by atoms with Crippen molar-refractivity contribution in [2.24, 2.45) is 40.4 Å². The highest BCUT2D eigenvalue weighted by atomic mass is 19.3. The monoisotopic (exact) mass is 486 g/mol. The number of fused-ring (bicyclic) bond motifs is 5. The van der Waals surface area contributed by atoms with Gasteiger partial charge in [0.05, 0.1) is 7.11 Å². The van der Waals surface area contributed by atoms with Gasteiger partial charge in [-0.15, -0.1) is 0 Å². The van der Waals surface area contributed by atoms with Gasteiger partial charge in [0, 0.05) is 18.8 Å². The van der Waals surface area contributed by atoms with Crippen molar-refractivity contribution in [3.63, 3.8) is 0 Å². The van der Waals surface area contributed by atoms with Gasteiger partial charge >= 0.3 is 5.97 Å². The van der Waals surface area contributed by atoms with Crippen molar-refractivity contribution in [1.82, 2.24) is 0 Å². The zero-order valence-electron chi connectivity index (χ0n) is 23.9. The van der Waals surface area contributed by atoms with Crippen molar-refractivity contribution in [2.75, 3.05) is 7.11 Å². The van der Waals surface area contributed by atoms with Gasteiger partial charge in [0.1, 0.15) is 0 Å². The van der Waals surface area contributed by atoms with Crippen LogP contribution in [0.15, 0.2) is 0 Å². The van der Waals surface area contributed by atoms with E-state index in [-0.39, 0.29) is 29.1 Å². The first-order chi connectivity index (χ1) is 16.2. The first-order valence-corrected chi connectivity index (χ1v) is 14.7. The van der Waals surface area contributed by atoms with Crippen LogP contribution in [0.3, 0.4) is 0 Å². The predicted octanol–water partition coefficient (Wildman–Crippen LogP) is 9.70. The summed E-state index contributed by atoms with van der Waals surface area (Å²) < 4.78 is 35.4. The molecular formula is C30H56F2O2. The maximum absolute atomic E-state index is 15.3. The van der Waals surface area contributed by atoms with E-state index < -0.39 is 11.8 Å². The van der Waals surface area contributed by atoms with Crippen LogP contribution in [0.25, 0.3) is 0 Å². The summed E-state index contributed by atoms with van der Waals surface area (Å²) in [6.45, 7) is 16.6. The van der Waals surface area contributed by atoms with Crippen LogP contribution in [0.2, 0.25) is 0 Å². The first-order valence-electron chi connectivity index (χ1n) is 14.7. The van der Waals surface area contributed by atoms with E-state index in [0.29, 0.717) is 24.2 Å². The van der Waals surface area contributed by atoms with E-state index in [0.717, 1.165) is 57.8 Å². The maximum Gasteiger partial charge on any atom is 0.305 e. The topological polar surface area (TPSA) is 26.3 Å². The van der Waals surface area contributed by atoms with Crippen LogP contribution in [-0.2, 0) is 9.53 Å². The highest BCUT2D eigenvalue weighted by molar-refractivity contribution is 5.68. The third-order valence-electron chi connectivity index (χ3n) is 9.91. The van der Waals surface area contributed by atoms with E-state index in [1.807, 2.05) is 41.5 Å². The van der Waals surface area contributed by atoms with Crippen molar-refractivity contribution < 1.29 is 18.3 Å². The molecular weight excluding hydrogens is 430 g/mol. The lowest BCUT2D eigenvalue weighted by atomic mass is 9.44. The minimum atomic E-state index is -2.49. The Kier molecular flexibility index (Phi) is 12.5. The van der Waals surface area contributed by atoms with Crippen LogP contribution in [0, 0.1) is 40.4 Å². The molecule has 0 bridgehead atoms. The second-order valence-electron chi connectivity index (χ2n) is 10.9. The number of hydrogen-bond donors (Lipinski definition) is 0. The molecule has 0 N–H and O–H groups in total. The summed E-state index contributed by atoms with van der Waals surface area (Å²) in [5.74, 6) is -1.31. The Morgan fingerprint density at radius 1 is 0.853 bits per heavy atom. The Morgan fingerprint density at radius 2 is 1.47 bits per heavy atom. The number of methoxy groups -OCH3 is 1. The lowest BCUT2D eigenvalue weighted by Gasteiger charge is -2.62. The van der Waals surface area contributed by atoms with Gasteiger partial charge in [0.25, 0.3) is 5.92 Å².